The van der Waals surface area contributed by atoms with Gasteiger partial charge in [0.25, 0.3) is 11.4 Å². The molecule has 0 aliphatic carbocycles. The van der Waals surface area contributed by atoms with Gasteiger partial charge in [-0.1, -0.05) is 48.5 Å². The Kier molecular flexibility index (Phi) is 5.55. The van der Waals surface area contributed by atoms with E-state index in [1.807, 2.05) is 84.7 Å². The summed E-state index contributed by atoms with van der Waals surface area (Å²) in [5.41, 5.74) is 3.02. The van der Waals surface area contributed by atoms with Crippen LogP contribution in [-0.2, 0) is 7.05 Å². The van der Waals surface area contributed by atoms with Crippen LogP contribution < -0.4 is 15.2 Å². The van der Waals surface area contributed by atoms with Crippen molar-refractivity contribution in [3.63, 3.8) is 0 Å². The lowest BCUT2D eigenvalue weighted by Crippen LogP contribution is -2.33. The molecule has 0 amide bonds. The minimum atomic E-state index is -0.343. The highest BCUT2D eigenvalue weighted by Crippen LogP contribution is 2.33. The van der Waals surface area contributed by atoms with Gasteiger partial charge in [0.05, 0.1) is 18.8 Å². The van der Waals surface area contributed by atoms with Gasteiger partial charge in [0, 0.05) is 20.3 Å². The molecule has 2 aromatic carbocycles. The molecule has 1 atom stereocenters. The number of hydrogen-bond acceptors (Lipinski definition) is 7. The summed E-state index contributed by atoms with van der Waals surface area (Å²) in [6.07, 6.45) is 1.75. The fourth-order valence-electron chi connectivity index (χ4n) is 4.07. The third-order valence-electron chi connectivity index (χ3n) is 5.71. The molecule has 0 radical (unpaired) electrons. The van der Waals surface area contributed by atoms with E-state index in [2.05, 4.69) is 9.97 Å². The molecule has 3 aromatic heterocycles. The van der Waals surface area contributed by atoms with Crippen molar-refractivity contribution in [3.8, 4) is 17.3 Å². The predicted molar refractivity (Wildman–Crippen MR) is 130 cm³/mol. The Morgan fingerprint density at radius 3 is 2.41 bits per heavy atom. The summed E-state index contributed by atoms with van der Waals surface area (Å²) in [4.78, 5) is 29.2. The Morgan fingerprint density at radius 2 is 1.71 bits per heavy atom. The first-order valence-corrected chi connectivity index (χ1v) is 10.8. The predicted octanol–water partition coefficient (Wildman–Crippen LogP) is 4.22. The fourth-order valence-corrected chi connectivity index (χ4v) is 4.07. The third kappa shape index (κ3) is 3.69. The smallest absolute Gasteiger partial charge is 0.297 e. The second-order valence-corrected chi connectivity index (χ2v) is 7.82. The van der Waals surface area contributed by atoms with Gasteiger partial charge in [-0.25, -0.2) is 9.97 Å². The summed E-state index contributed by atoms with van der Waals surface area (Å²) in [7, 11) is 4.99. The molecule has 0 aliphatic heterocycles. The molecule has 1 unspecified atom stereocenters. The van der Waals surface area contributed by atoms with Crippen LogP contribution in [0.1, 0.15) is 17.3 Å². The number of anilines is 1. The van der Waals surface area contributed by atoms with Crippen LogP contribution in [0.25, 0.3) is 22.7 Å². The van der Waals surface area contributed by atoms with Gasteiger partial charge >= 0.3 is 0 Å². The van der Waals surface area contributed by atoms with Gasteiger partial charge in [0.15, 0.2) is 11.3 Å². The average Bonchev–Trinajstić information content (AvgIpc) is 3.31. The molecule has 0 N–H and O–H groups in total. The molecule has 5 aromatic rings. The van der Waals surface area contributed by atoms with Crippen molar-refractivity contribution in [1.82, 2.24) is 19.5 Å². The van der Waals surface area contributed by atoms with E-state index in [9.17, 15) is 4.79 Å². The van der Waals surface area contributed by atoms with Gasteiger partial charge in [0.2, 0.25) is 11.7 Å². The monoisotopic (exact) mass is 453 g/mol. The Hall–Kier alpha value is -4.46. The summed E-state index contributed by atoms with van der Waals surface area (Å²) >= 11 is 0. The number of nitrogens with zero attached hydrogens (tertiary/aromatic N) is 5. The van der Waals surface area contributed by atoms with E-state index in [1.54, 1.807) is 13.2 Å². The molecule has 5 rings (SSSR count). The fraction of sp³-hybridized carbons (Fsp3) is 0.154. The van der Waals surface area contributed by atoms with Gasteiger partial charge in [-0.3, -0.25) is 14.3 Å². The quantitative estimate of drug-likeness (QED) is 0.380. The molecular formula is C26H23N5O3. The highest BCUT2D eigenvalue weighted by atomic mass is 16.5. The van der Waals surface area contributed by atoms with E-state index < -0.39 is 0 Å². The normalized spacial score (nSPS) is 12.0. The van der Waals surface area contributed by atoms with Crippen molar-refractivity contribution >= 4 is 17.0 Å². The maximum Gasteiger partial charge on any atom is 0.297 e. The lowest BCUT2D eigenvalue weighted by atomic mass is 10.0. The first-order chi connectivity index (χ1) is 16.6. The van der Waals surface area contributed by atoms with Gasteiger partial charge < -0.3 is 14.1 Å². The van der Waals surface area contributed by atoms with Crippen molar-refractivity contribution in [2.24, 2.45) is 7.05 Å². The minimum absolute atomic E-state index is 0.0697. The van der Waals surface area contributed by atoms with Crippen LogP contribution in [0.15, 0.2) is 88.2 Å². The van der Waals surface area contributed by atoms with E-state index >= 15 is 0 Å². The summed E-state index contributed by atoms with van der Waals surface area (Å²) in [5, 5.41) is 0. The van der Waals surface area contributed by atoms with E-state index in [1.165, 1.54) is 11.7 Å². The van der Waals surface area contributed by atoms with Gasteiger partial charge in [-0.15, -0.1) is 0 Å². The van der Waals surface area contributed by atoms with Crippen molar-refractivity contribution in [2.75, 3.05) is 19.1 Å². The van der Waals surface area contributed by atoms with Crippen LogP contribution in [0.5, 0.6) is 5.75 Å². The summed E-state index contributed by atoms with van der Waals surface area (Å²) in [5.74, 6) is 0.711. The second-order valence-electron chi connectivity index (χ2n) is 7.82. The topological polar surface area (TPSA) is 86.3 Å². The number of methoxy groups -OCH3 is 1. The molecule has 170 valence electrons. The number of hydrogen-bond donors (Lipinski definition) is 0. The summed E-state index contributed by atoms with van der Waals surface area (Å²) in [6, 6.07) is 22.9. The molecule has 8 nitrogen and oxygen atoms in total. The highest BCUT2D eigenvalue weighted by Gasteiger charge is 2.28. The standard InChI is InChI=1S/C26H23N5O3/c1-30(22(17-11-5-4-6-12-17)19-14-9-10-16-27-19)26-29-21(23(33-3)25(32)31(26)2)24-28-18-13-7-8-15-20(18)34-24/h4-16,22H,1-3H3. The van der Waals surface area contributed by atoms with Crippen molar-refractivity contribution in [3.05, 3.63) is 101 Å². The molecule has 0 spiro atoms. The van der Waals surface area contributed by atoms with Crippen LogP contribution in [0, 0.1) is 0 Å². The second kappa shape index (κ2) is 8.82. The van der Waals surface area contributed by atoms with Crippen LogP contribution >= 0.6 is 0 Å². The Labute approximate surface area is 196 Å². The maximum atomic E-state index is 13.3. The van der Waals surface area contributed by atoms with E-state index in [0.29, 0.717) is 17.0 Å². The molecule has 8 heteroatoms. The zero-order chi connectivity index (χ0) is 23.7. The molecule has 0 fully saturated rings. The van der Waals surface area contributed by atoms with E-state index in [0.717, 1.165) is 11.3 Å². The maximum absolute atomic E-state index is 13.3. The number of rotatable bonds is 6. The Morgan fingerprint density at radius 1 is 0.971 bits per heavy atom. The van der Waals surface area contributed by atoms with Crippen molar-refractivity contribution in [2.45, 2.75) is 6.04 Å². The largest absolute Gasteiger partial charge is 0.489 e. The molecule has 34 heavy (non-hydrogen) atoms. The zero-order valence-corrected chi connectivity index (χ0v) is 19.0. The van der Waals surface area contributed by atoms with E-state index in [4.69, 9.17) is 14.1 Å². The lowest BCUT2D eigenvalue weighted by Gasteiger charge is -2.30. The summed E-state index contributed by atoms with van der Waals surface area (Å²) in [6.45, 7) is 0. The van der Waals surface area contributed by atoms with Crippen LogP contribution in [-0.4, -0.2) is 33.7 Å². The van der Waals surface area contributed by atoms with Gasteiger partial charge in [0.1, 0.15) is 5.52 Å². The number of oxazole rings is 1. The molecule has 3 heterocycles. The number of para-hydroxylation sites is 2. The number of fused-ring (bicyclic) bond motifs is 1. The van der Waals surface area contributed by atoms with E-state index in [-0.39, 0.29) is 28.9 Å². The van der Waals surface area contributed by atoms with Crippen LogP contribution in [0.2, 0.25) is 0 Å². The Bertz CT molecular complexity index is 1420. The molecule has 0 saturated heterocycles. The van der Waals surface area contributed by atoms with Gasteiger partial charge in [-0.2, -0.15) is 0 Å². The molecule has 0 saturated carbocycles. The number of benzene rings is 2. The molecular weight excluding hydrogens is 430 g/mol. The molecule has 0 aliphatic rings. The number of pyridine rings is 1. The SMILES string of the molecule is COc1c(-c2nc3ccccc3o2)nc(N(C)C(c2ccccc2)c2ccccn2)n(C)c1=O. The highest BCUT2D eigenvalue weighted by molar-refractivity contribution is 5.76. The molecule has 0 bridgehead atoms. The first-order valence-electron chi connectivity index (χ1n) is 10.8. The Balaban J connectivity index is 1.70. The first kappa shape index (κ1) is 21.4. The lowest BCUT2D eigenvalue weighted by molar-refractivity contribution is 0.401. The minimum Gasteiger partial charge on any atom is -0.489 e. The number of aromatic nitrogens is 4. The van der Waals surface area contributed by atoms with Crippen LogP contribution in [0.3, 0.4) is 0 Å². The van der Waals surface area contributed by atoms with Gasteiger partial charge in [-0.05, 0) is 29.8 Å². The summed E-state index contributed by atoms with van der Waals surface area (Å²) < 4.78 is 12.8. The van der Waals surface area contributed by atoms with Crippen LogP contribution in [0.4, 0.5) is 5.95 Å². The van der Waals surface area contributed by atoms with Crippen molar-refractivity contribution in [1.29, 1.82) is 0 Å². The van der Waals surface area contributed by atoms with Crippen molar-refractivity contribution < 1.29 is 9.15 Å². The third-order valence-corrected chi connectivity index (χ3v) is 5.71. The number of ether oxygens (including phenoxy) is 1. The zero-order valence-electron chi connectivity index (χ0n) is 19.0. The average molecular weight is 454 g/mol.